The van der Waals surface area contributed by atoms with E-state index in [1.807, 2.05) is 0 Å². The monoisotopic (exact) mass is 410 g/mol. The van der Waals surface area contributed by atoms with E-state index in [1.54, 1.807) is 23.7 Å². The SMILES string of the molecule is CC(C)CCn1c(SCc2c(F)cccc2Cl)nc2c1c(=O)[nH]c(=O)n2C. The number of benzene rings is 1. The minimum absolute atomic E-state index is 0.266. The third-order valence-corrected chi connectivity index (χ3v) is 5.67. The first kappa shape index (κ1) is 19.7. The fourth-order valence-corrected chi connectivity index (χ4v) is 4.09. The van der Waals surface area contributed by atoms with Crippen molar-refractivity contribution < 1.29 is 4.39 Å². The number of halogens is 2. The van der Waals surface area contributed by atoms with E-state index in [2.05, 4.69) is 23.8 Å². The molecular weight excluding hydrogens is 391 g/mol. The molecule has 0 radical (unpaired) electrons. The molecule has 0 amide bonds. The van der Waals surface area contributed by atoms with Crippen LogP contribution in [0.3, 0.4) is 0 Å². The molecule has 0 aliphatic rings. The molecular formula is C18H20ClFN4O2S. The summed E-state index contributed by atoms with van der Waals surface area (Å²) >= 11 is 7.40. The molecule has 0 atom stereocenters. The summed E-state index contributed by atoms with van der Waals surface area (Å²) in [6.45, 7) is 4.75. The Bertz CT molecular complexity index is 1080. The highest BCUT2D eigenvalue weighted by Gasteiger charge is 2.19. The smallest absolute Gasteiger partial charge is 0.313 e. The van der Waals surface area contributed by atoms with Crippen molar-refractivity contribution in [1.29, 1.82) is 0 Å². The molecule has 6 nitrogen and oxygen atoms in total. The predicted octanol–water partition coefficient (Wildman–Crippen LogP) is 3.55. The largest absolute Gasteiger partial charge is 0.329 e. The van der Waals surface area contributed by atoms with Gasteiger partial charge in [0.05, 0.1) is 0 Å². The lowest BCUT2D eigenvalue weighted by molar-refractivity contribution is 0.503. The highest BCUT2D eigenvalue weighted by atomic mass is 35.5. The van der Waals surface area contributed by atoms with Crippen LogP contribution in [0.5, 0.6) is 0 Å². The Kier molecular flexibility index (Phi) is 5.76. The molecule has 3 aromatic rings. The van der Waals surface area contributed by atoms with Gasteiger partial charge in [-0.25, -0.2) is 14.2 Å². The first-order chi connectivity index (χ1) is 12.8. The zero-order valence-electron chi connectivity index (χ0n) is 15.3. The maximum absolute atomic E-state index is 14.1. The normalized spacial score (nSPS) is 11.6. The van der Waals surface area contributed by atoms with E-state index >= 15 is 0 Å². The van der Waals surface area contributed by atoms with Gasteiger partial charge in [0.15, 0.2) is 16.3 Å². The van der Waals surface area contributed by atoms with Gasteiger partial charge in [0, 0.05) is 29.9 Å². The number of nitrogens with zero attached hydrogens (tertiary/aromatic N) is 3. The predicted molar refractivity (Wildman–Crippen MR) is 106 cm³/mol. The van der Waals surface area contributed by atoms with Crippen molar-refractivity contribution in [2.75, 3.05) is 0 Å². The summed E-state index contributed by atoms with van der Waals surface area (Å²) in [7, 11) is 1.56. The lowest BCUT2D eigenvalue weighted by Gasteiger charge is -2.11. The van der Waals surface area contributed by atoms with Gasteiger partial charge in [-0.1, -0.05) is 43.3 Å². The number of aryl methyl sites for hydroxylation is 2. The van der Waals surface area contributed by atoms with Crippen LogP contribution in [0.2, 0.25) is 5.02 Å². The number of hydrogen-bond donors (Lipinski definition) is 1. The van der Waals surface area contributed by atoms with Crippen LogP contribution < -0.4 is 11.2 Å². The summed E-state index contributed by atoms with van der Waals surface area (Å²) in [4.78, 5) is 31.1. The second kappa shape index (κ2) is 7.90. The number of rotatable bonds is 6. The van der Waals surface area contributed by atoms with Crippen LogP contribution >= 0.6 is 23.4 Å². The summed E-state index contributed by atoms with van der Waals surface area (Å²) in [6, 6.07) is 4.55. The van der Waals surface area contributed by atoms with Gasteiger partial charge < -0.3 is 4.57 Å². The Balaban J connectivity index is 2.07. The van der Waals surface area contributed by atoms with Crippen molar-refractivity contribution in [3.63, 3.8) is 0 Å². The van der Waals surface area contributed by atoms with Gasteiger partial charge in [0.2, 0.25) is 0 Å². The number of aromatic amines is 1. The molecule has 1 aromatic carbocycles. The van der Waals surface area contributed by atoms with Crippen LogP contribution in [0.1, 0.15) is 25.8 Å². The average molecular weight is 411 g/mol. The second-order valence-electron chi connectivity index (χ2n) is 6.71. The lowest BCUT2D eigenvalue weighted by atomic mass is 10.1. The summed E-state index contributed by atoms with van der Waals surface area (Å²) < 4.78 is 17.2. The second-order valence-corrected chi connectivity index (χ2v) is 8.06. The van der Waals surface area contributed by atoms with Crippen LogP contribution in [0, 0.1) is 11.7 Å². The van der Waals surface area contributed by atoms with Gasteiger partial charge in [-0.2, -0.15) is 0 Å². The minimum Gasteiger partial charge on any atom is -0.313 e. The molecule has 2 heterocycles. The summed E-state index contributed by atoms with van der Waals surface area (Å²) in [5.41, 5.74) is 0.0544. The molecule has 0 bridgehead atoms. The van der Waals surface area contributed by atoms with Crippen LogP contribution in [0.4, 0.5) is 4.39 Å². The van der Waals surface area contributed by atoms with Crippen molar-refractivity contribution in [1.82, 2.24) is 19.1 Å². The molecule has 0 aliphatic carbocycles. The number of hydrogen-bond acceptors (Lipinski definition) is 4. The fourth-order valence-electron chi connectivity index (χ4n) is 2.73. The van der Waals surface area contributed by atoms with Gasteiger partial charge >= 0.3 is 5.69 Å². The molecule has 27 heavy (non-hydrogen) atoms. The highest BCUT2D eigenvalue weighted by Crippen LogP contribution is 2.29. The van der Waals surface area contributed by atoms with E-state index in [9.17, 15) is 14.0 Å². The van der Waals surface area contributed by atoms with Gasteiger partial charge in [-0.05, 0) is 24.5 Å². The summed E-state index contributed by atoms with van der Waals surface area (Å²) in [5.74, 6) is 0.306. The van der Waals surface area contributed by atoms with Crippen LogP contribution in [0.25, 0.3) is 11.2 Å². The molecule has 0 saturated heterocycles. The molecule has 0 fully saturated rings. The van der Waals surface area contributed by atoms with E-state index < -0.39 is 11.2 Å². The standard InChI is InChI=1S/C18H20ClFN4O2S/c1-10(2)7-8-24-14-15(23(3)17(26)22-16(14)25)21-18(24)27-9-11-12(19)5-4-6-13(11)20/h4-6,10H,7-9H2,1-3H3,(H,22,25,26). The maximum Gasteiger partial charge on any atom is 0.329 e. The van der Waals surface area contributed by atoms with E-state index in [4.69, 9.17) is 11.6 Å². The molecule has 0 spiro atoms. The summed E-state index contributed by atoms with van der Waals surface area (Å²) in [5, 5.41) is 0.897. The minimum atomic E-state index is -0.519. The third-order valence-electron chi connectivity index (χ3n) is 4.31. The van der Waals surface area contributed by atoms with Gasteiger partial charge in [-0.15, -0.1) is 0 Å². The molecule has 0 saturated carbocycles. The Labute approximate surface area is 164 Å². The topological polar surface area (TPSA) is 72.7 Å². The zero-order valence-corrected chi connectivity index (χ0v) is 16.8. The molecule has 2 aromatic heterocycles. The Morgan fingerprint density at radius 1 is 1.33 bits per heavy atom. The van der Waals surface area contributed by atoms with Crippen LogP contribution in [-0.2, 0) is 19.3 Å². The number of thioether (sulfide) groups is 1. The zero-order chi connectivity index (χ0) is 19.7. The third kappa shape index (κ3) is 3.96. The maximum atomic E-state index is 14.1. The fraction of sp³-hybridized carbons (Fsp3) is 0.389. The van der Waals surface area contributed by atoms with Gasteiger partial charge in [0.25, 0.3) is 5.56 Å². The van der Waals surface area contributed by atoms with Crippen molar-refractivity contribution in [3.8, 4) is 0 Å². The number of H-pyrrole nitrogens is 1. The van der Waals surface area contributed by atoms with Crippen molar-refractivity contribution in [2.24, 2.45) is 13.0 Å². The first-order valence-corrected chi connectivity index (χ1v) is 9.91. The Hall–Kier alpha value is -2.06. The quantitative estimate of drug-likeness (QED) is 0.631. The Morgan fingerprint density at radius 2 is 2.07 bits per heavy atom. The molecule has 144 valence electrons. The van der Waals surface area contributed by atoms with E-state index in [1.165, 1.54) is 22.4 Å². The number of imidazole rings is 1. The van der Waals surface area contributed by atoms with Crippen LogP contribution in [-0.4, -0.2) is 19.1 Å². The molecule has 1 N–H and O–H groups in total. The van der Waals surface area contributed by atoms with Crippen molar-refractivity contribution in [3.05, 3.63) is 55.4 Å². The van der Waals surface area contributed by atoms with Crippen molar-refractivity contribution >= 4 is 34.5 Å². The van der Waals surface area contributed by atoms with Gasteiger partial charge in [0.1, 0.15) is 5.82 Å². The number of nitrogens with one attached hydrogen (secondary N) is 1. The van der Waals surface area contributed by atoms with Crippen LogP contribution in [0.15, 0.2) is 32.9 Å². The highest BCUT2D eigenvalue weighted by molar-refractivity contribution is 7.98. The van der Waals surface area contributed by atoms with Gasteiger partial charge in [-0.3, -0.25) is 14.3 Å². The van der Waals surface area contributed by atoms with E-state index in [-0.39, 0.29) is 11.6 Å². The molecule has 3 rings (SSSR count). The average Bonchev–Trinajstić information content (AvgIpc) is 2.96. The number of fused-ring (bicyclic) bond motifs is 1. The molecule has 0 unspecified atom stereocenters. The first-order valence-electron chi connectivity index (χ1n) is 8.54. The Morgan fingerprint density at radius 3 is 2.74 bits per heavy atom. The van der Waals surface area contributed by atoms with E-state index in [0.717, 1.165) is 6.42 Å². The van der Waals surface area contributed by atoms with E-state index in [0.29, 0.717) is 39.4 Å². The molecule has 9 heteroatoms. The summed E-state index contributed by atoms with van der Waals surface area (Å²) in [6.07, 6.45) is 0.835. The lowest BCUT2D eigenvalue weighted by Crippen LogP contribution is -2.29. The molecule has 0 aliphatic heterocycles. The number of aromatic nitrogens is 4. The van der Waals surface area contributed by atoms with Crippen molar-refractivity contribution in [2.45, 2.75) is 37.7 Å².